The van der Waals surface area contributed by atoms with E-state index in [9.17, 15) is 19.2 Å². The second kappa shape index (κ2) is 13.1. The lowest BCUT2D eigenvalue weighted by atomic mass is 10.0. The van der Waals surface area contributed by atoms with Crippen LogP contribution in [0.5, 0.6) is 0 Å². The van der Waals surface area contributed by atoms with Crippen LogP contribution >= 0.6 is 15.9 Å². The zero-order valence-corrected chi connectivity index (χ0v) is 22.0. The summed E-state index contributed by atoms with van der Waals surface area (Å²) in [6.07, 6.45) is 1.21. The van der Waals surface area contributed by atoms with Gasteiger partial charge in [-0.2, -0.15) is 0 Å². The van der Waals surface area contributed by atoms with Gasteiger partial charge in [0.1, 0.15) is 37.1 Å². The van der Waals surface area contributed by atoms with Crippen LogP contribution in [-0.4, -0.2) is 52.4 Å². The van der Waals surface area contributed by atoms with Crippen LogP contribution < -0.4 is 22.7 Å². The third-order valence-corrected chi connectivity index (χ3v) is 5.71. The lowest BCUT2D eigenvalue weighted by Crippen LogP contribution is -2.40. The van der Waals surface area contributed by atoms with Gasteiger partial charge in [0, 0.05) is 12.6 Å². The number of aromatic nitrogens is 2. The van der Waals surface area contributed by atoms with Gasteiger partial charge >= 0.3 is 17.6 Å². The van der Waals surface area contributed by atoms with E-state index in [-0.39, 0.29) is 30.4 Å². The molecule has 1 aliphatic heterocycles. The molecule has 1 fully saturated rings. The minimum Gasteiger partial charge on any atom is -0.462 e. The van der Waals surface area contributed by atoms with E-state index >= 15 is 0 Å². The third kappa shape index (κ3) is 8.41. The van der Waals surface area contributed by atoms with Gasteiger partial charge in [0.2, 0.25) is 0 Å². The number of aromatic amines is 1. The Morgan fingerprint density at radius 3 is 2.34 bits per heavy atom. The fraction of sp³-hybridized carbons (Fsp3) is 0.652. The monoisotopic (exact) mass is 558 g/mol. The first-order chi connectivity index (χ1) is 16.4. The molecule has 0 aliphatic carbocycles. The van der Waals surface area contributed by atoms with E-state index in [1.165, 1.54) is 21.8 Å². The molecule has 0 bridgehead atoms. The van der Waals surface area contributed by atoms with Gasteiger partial charge in [-0.3, -0.25) is 23.9 Å². The highest BCUT2D eigenvalue weighted by atomic mass is 79.9. The summed E-state index contributed by atoms with van der Waals surface area (Å²) in [4.78, 5) is 53.1. The Morgan fingerprint density at radius 2 is 1.77 bits per heavy atom. The van der Waals surface area contributed by atoms with Crippen molar-refractivity contribution in [2.24, 2.45) is 23.3 Å². The Labute approximate surface area is 212 Å². The molecule has 1 unspecified atom stereocenters. The van der Waals surface area contributed by atoms with E-state index in [1.807, 2.05) is 27.7 Å². The summed E-state index contributed by atoms with van der Waals surface area (Å²) in [6, 6.07) is -1.63. The zero-order chi connectivity index (χ0) is 26.3. The molecule has 12 heteroatoms. The molecule has 0 saturated carbocycles. The summed E-state index contributed by atoms with van der Waals surface area (Å²) < 4.78 is 18.1. The van der Waals surface area contributed by atoms with Gasteiger partial charge < -0.3 is 25.7 Å². The maximum Gasteiger partial charge on any atom is 0.330 e. The summed E-state index contributed by atoms with van der Waals surface area (Å²) in [5.74, 6) is -0.823. The van der Waals surface area contributed by atoms with Crippen LogP contribution in [0.3, 0.4) is 0 Å². The second-order valence-corrected chi connectivity index (χ2v) is 10.0. The SMILES string of the molecule is CC(C)C[C@H](N)C(=O)OC[C@@H]1O[C@H](n2cc(/C=C/Br)c(=O)[nH]c2=O)CC1OC(=O)[C@@H](N)CC(C)C. The molecule has 11 nitrogen and oxygen atoms in total. The summed E-state index contributed by atoms with van der Waals surface area (Å²) in [5, 5.41) is 0. The second-order valence-electron chi connectivity index (χ2n) is 9.49. The molecule has 1 aromatic heterocycles. The van der Waals surface area contributed by atoms with Gasteiger partial charge in [0.05, 0.1) is 5.56 Å². The van der Waals surface area contributed by atoms with Gasteiger partial charge in [-0.25, -0.2) is 4.79 Å². The normalized spacial score (nSPS) is 22.0. The van der Waals surface area contributed by atoms with Crippen molar-refractivity contribution >= 4 is 33.9 Å². The van der Waals surface area contributed by atoms with E-state index in [0.717, 1.165) is 0 Å². The molecule has 0 spiro atoms. The van der Waals surface area contributed by atoms with Crippen molar-refractivity contribution in [2.45, 2.75) is 77.5 Å². The fourth-order valence-corrected chi connectivity index (χ4v) is 4.05. The number of nitrogens with zero attached hydrogens (tertiary/aromatic N) is 1. The largest absolute Gasteiger partial charge is 0.462 e. The molecule has 2 rings (SSSR count). The van der Waals surface area contributed by atoms with Gasteiger partial charge in [0.15, 0.2) is 0 Å². The predicted molar refractivity (Wildman–Crippen MR) is 134 cm³/mol. The fourth-order valence-electron chi connectivity index (χ4n) is 3.76. The van der Waals surface area contributed by atoms with E-state index in [0.29, 0.717) is 12.8 Å². The standard InChI is InChI=1S/C23H35BrN4O7/c1-12(2)7-15(25)21(30)33-11-18-17(35-22(31)16(26)8-13(3)4)9-19(34-18)28-10-14(5-6-24)20(29)27-23(28)32/h5-6,10,12-13,15-19H,7-9,11,25-26H2,1-4H3,(H,27,29,32)/b6-5+/t15-,16-,17?,18-,19-/m0/s1. The van der Waals surface area contributed by atoms with Gasteiger partial charge in [-0.15, -0.1) is 0 Å². The first kappa shape index (κ1) is 29.0. The van der Waals surface area contributed by atoms with Crippen LogP contribution in [-0.2, 0) is 23.8 Å². The molecule has 0 radical (unpaired) electrons. The van der Waals surface area contributed by atoms with E-state index in [4.69, 9.17) is 25.7 Å². The molecule has 0 aromatic carbocycles. The van der Waals surface area contributed by atoms with Gasteiger partial charge in [0.25, 0.3) is 5.56 Å². The number of hydrogen-bond donors (Lipinski definition) is 3. The van der Waals surface area contributed by atoms with Crippen molar-refractivity contribution in [3.8, 4) is 0 Å². The average molecular weight is 559 g/mol. The zero-order valence-electron chi connectivity index (χ0n) is 20.4. The number of nitrogens with two attached hydrogens (primary N) is 2. The average Bonchev–Trinajstić information content (AvgIpc) is 3.15. The van der Waals surface area contributed by atoms with Gasteiger partial charge in [-0.05, 0) is 35.7 Å². The number of esters is 2. The third-order valence-electron chi connectivity index (χ3n) is 5.44. The van der Waals surface area contributed by atoms with Crippen LogP contribution in [0.2, 0.25) is 0 Å². The van der Waals surface area contributed by atoms with Crippen LogP contribution in [0.15, 0.2) is 20.8 Å². The van der Waals surface area contributed by atoms with E-state index in [2.05, 4.69) is 20.9 Å². The molecular formula is C23H35BrN4O7. The molecule has 5 atom stereocenters. The summed E-state index contributed by atoms with van der Waals surface area (Å²) in [5.41, 5.74) is 10.8. The smallest absolute Gasteiger partial charge is 0.330 e. The van der Waals surface area contributed by atoms with Crippen molar-refractivity contribution in [3.63, 3.8) is 0 Å². The van der Waals surface area contributed by atoms with Crippen LogP contribution in [0.4, 0.5) is 0 Å². The first-order valence-electron chi connectivity index (χ1n) is 11.6. The molecule has 35 heavy (non-hydrogen) atoms. The molecular weight excluding hydrogens is 524 g/mol. The Balaban J connectivity index is 2.23. The minimum atomic E-state index is -0.881. The highest BCUT2D eigenvalue weighted by molar-refractivity contribution is 9.11. The van der Waals surface area contributed by atoms with Crippen molar-refractivity contribution in [1.82, 2.24) is 9.55 Å². The Kier molecular flexibility index (Phi) is 10.9. The van der Waals surface area contributed by atoms with E-state index < -0.39 is 53.7 Å². The first-order valence-corrected chi connectivity index (χ1v) is 12.5. The lowest BCUT2D eigenvalue weighted by Gasteiger charge is -2.22. The maximum absolute atomic E-state index is 12.6. The number of halogens is 1. The number of carbonyl (C=O) groups is 2. The number of rotatable bonds is 11. The number of ether oxygens (including phenoxy) is 3. The summed E-state index contributed by atoms with van der Waals surface area (Å²) >= 11 is 3.10. The Morgan fingerprint density at radius 1 is 1.17 bits per heavy atom. The molecule has 1 aromatic rings. The Hall–Kier alpha value is -2.28. The number of nitrogens with one attached hydrogen (secondary N) is 1. The topological polar surface area (TPSA) is 169 Å². The molecule has 5 N–H and O–H groups in total. The lowest BCUT2D eigenvalue weighted by molar-refractivity contribution is -0.160. The highest BCUT2D eigenvalue weighted by Crippen LogP contribution is 2.31. The highest BCUT2D eigenvalue weighted by Gasteiger charge is 2.41. The van der Waals surface area contributed by atoms with E-state index in [1.54, 1.807) is 0 Å². The maximum atomic E-state index is 12.6. The van der Waals surface area contributed by atoms with Crippen LogP contribution in [0.25, 0.3) is 6.08 Å². The van der Waals surface area contributed by atoms with Crippen molar-refractivity contribution in [3.05, 3.63) is 37.6 Å². The molecule has 1 saturated heterocycles. The van der Waals surface area contributed by atoms with Gasteiger partial charge in [-0.1, -0.05) is 43.6 Å². The Bertz CT molecular complexity index is 1020. The molecule has 2 heterocycles. The molecule has 196 valence electrons. The summed E-state index contributed by atoms with van der Waals surface area (Å²) in [7, 11) is 0. The quantitative estimate of drug-likeness (QED) is 0.339. The molecule has 1 aliphatic rings. The minimum absolute atomic E-state index is 0.0871. The predicted octanol–water partition coefficient (Wildman–Crippen LogP) is 1.39. The number of carbonyl (C=O) groups excluding carboxylic acids is 2. The van der Waals surface area contributed by atoms with Crippen LogP contribution in [0.1, 0.15) is 58.7 Å². The summed E-state index contributed by atoms with van der Waals surface area (Å²) in [6.45, 7) is 7.52. The molecule has 0 amide bonds. The number of hydrogen-bond acceptors (Lipinski definition) is 9. The van der Waals surface area contributed by atoms with Crippen molar-refractivity contribution in [1.29, 1.82) is 0 Å². The number of H-pyrrole nitrogens is 1. The van der Waals surface area contributed by atoms with Crippen molar-refractivity contribution < 1.29 is 23.8 Å². The van der Waals surface area contributed by atoms with Crippen LogP contribution in [0, 0.1) is 11.8 Å². The van der Waals surface area contributed by atoms with Crippen molar-refractivity contribution in [2.75, 3.05) is 6.61 Å².